The van der Waals surface area contributed by atoms with Crippen LogP contribution in [0.25, 0.3) is 0 Å². The lowest BCUT2D eigenvalue weighted by atomic mass is 10.3. The van der Waals surface area contributed by atoms with Crippen LogP contribution in [0.5, 0.6) is 5.75 Å². The molecule has 0 radical (unpaired) electrons. The van der Waals surface area contributed by atoms with E-state index in [0.29, 0.717) is 5.69 Å². The van der Waals surface area contributed by atoms with E-state index in [-0.39, 0.29) is 42.7 Å². The maximum Gasteiger partial charge on any atom is 0.307 e. The number of para-hydroxylation sites is 1. The van der Waals surface area contributed by atoms with Gasteiger partial charge in [0, 0.05) is 19.2 Å². The molecule has 0 saturated heterocycles. The van der Waals surface area contributed by atoms with Gasteiger partial charge in [-0.3, -0.25) is 9.59 Å². The van der Waals surface area contributed by atoms with Crippen molar-refractivity contribution in [2.75, 3.05) is 25.1 Å². The molecule has 2 aromatic carbocycles. The summed E-state index contributed by atoms with van der Waals surface area (Å²) in [4.78, 5) is 22.6. The Morgan fingerprint density at radius 2 is 1.72 bits per heavy atom. The van der Waals surface area contributed by atoms with E-state index in [2.05, 4.69) is 10.0 Å². The lowest BCUT2D eigenvalue weighted by Gasteiger charge is -2.09. The van der Waals surface area contributed by atoms with E-state index in [1.807, 2.05) is 0 Å². The van der Waals surface area contributed by atoms with Crippen molar-refractivity contribution in [3.8, 4) is 5.75 Å². The first-order valence-electron chi connectivity index (χ1n) is 8.68. The van der Waals surface area contributed by atoms with Crippen LogP contribution in [-0.4, -0.2) is 40.1 Å². The van der Waals surface area contributed by atoms with Gasteiger partial charge in [-0.2, -0.15) is 0 Å². The maximum atomic E-state index is 13.4. The third-order valence-electron chi connectivity index (χ3n) is 3.55. The maximum absolute atomic E-state index is 13.4. The Morgan fingerprint density at radius 1 is 1.03 bits per heavy atom. The van der Waals surface area contributed by atoms with Crippen LogP contribution in [0.1, 0.15) is 13.3 Å². The number of hydrogen-bond acceptors (Lipinski definition) is 6. The van der Waals surface area contributed by atoms with Gasteiger partial charge in [-0.1, -0.05) is 12.1 Å². The van der Waals surface area contributed by atoms with E-state index >= 15 is 0 Å². The molecule has 0 aliphatic carbocycles. The summed E-state index contributed by atoms with van der Waals surface area (Å²) in [7, 11) is -3.80. The van der Waals surface area contributed by atoms with Crippen LogP contribution in [-0.2, 0) is 24.3 Å². The van der Waals surface area contributed by atoms with Crippen molar-refractivity contribution < 1.29 is 31.9 Å². The fourth-order valence-electron chi connectivity index (χ4n) is 2.23. The summed E-state index contributed by atoms with van der Waals surface area (Å²) in [6.45, 7) is 1.07. The summed E-state index contributed by atoms with van der Waals surface area (Å²) in [5.41, 5.74) is 0.470. The molecule has 2 N–H and O–H groups in total. The summed E-state index contributed by atoms with van der Waals surface area (Å²) < 4.78 is 50.1. The second kappa shape index (κ2) is 10.5. The Labute approximate surface area is 168 Å². The zero-order valence-electron chi connectivity index (χ0n) is 15.7. The normalized spacial score (nSPS) is 11.0. The number of amides is 1. The summed E-state index contributed by atoms with van der Waals surface area (Å²) in [6.07, 6.45) is -0.178. The number of carbonyl (C=O) groups is 2. The predicted octanol–water partition coefficient (Wildman–Crippen LogP) is 2.07. The monoisotopic (exact) mass is 424 g/mol. The van der Waals surface area contributed by atoms with Gasteiger partial charge in [0.15, 0.2) is 11.6 Å². The SMILES string of the molecule is CC(=O)Nc1ccc(S(=O)(=O)NCCC(=O)OCCOc2ccccc2F)cc1. The number of anilines is 1. The van der Waals surface area contributed by atoms with E-state index in [0.717, 1.165) is 0 Å². The van der Waals surface area contributed by atoms with Gasteiger partial charge in [0.2, 0.25) is 15.9 Å². The van der Waals surface area contributed by atoms with E-state index in [9.17, 15) is 22.4 Å². The van der Waals surface area contributed by atoms with Gasteiger partial charge in [-0.25, -0.2) is 17.5 Å². The van der Waals surface area contributed by atoms with Crippen LogP contribution >= 0.6 is 0 Å². The Bertz CT molecular complexity index is 947. The Kier molecular flexibility index (Phi) is 8.10. The number of sulfonamides is 1. The lowest BCUT2D eigenvalue weighted by molar-refractivity contribution is -0.144. The van der Waals surface area contributed by atoms with Gasteiger partial charge in [0.05, 0.1) is 11.3 Å². The van der Waals surface area contributed by atoms with E-state index in [4.69, 9.17) is 9.47 Å². The predicted molar refractivity (Wildman–Crippen MR) is 103 cm³/mol. The first-order chi connectivity index (χ1) is 13.8. The van der Waals surface area contributed by atoms with Crippen molar-refractivity contribution in [1.29, 1.82) is 0 Å². The van der Waals surface area contributed by atoms with Gasteiger partial charge in [0.25, 0.3) is 0 Å². The number of rotatable bonds is 10. The topological polar surface area (TPSA) is 111 Å². The second-order valence-electron chi connectivity index (χ2n) is 5.85. The van der Waals surface area contributed by atoms with Crippen LogP contribution in [0.4, 0.5) is 10.1 Å². The molecule has 0 aromatic heterocycles. The average Bonchev–Trinajstić information content (AvgIpc) is 2.66. The zero-order valence-corrected chi connectivity index (χ0v) is 16.5. The van der Waals surface area contributed by atoms with Crippen molar-refractivity contribution in [3.63, 3.8) is 0 Å². The molecule has 0 unspecified atom stereocenters. The van der Waals surface area contributed by atoms with Crippen molar-refractivity contribution in [2.45, 2.75) is 18.2 Å². The summed E-state index contributed by atoms with van der Waals surface area (Å²) in [6, 6.07) is 11.4. The van der Waals surface area contributed by atoms with Crippen LogP contribution in [0, 0.1) is 5.82 Å². The quantitative estimate of drug-likeness (QED) is 0.446. The highest BCUT2D eigenvalue weighted by molar-refractivity contribution is 7.89. The van der Waals surface area contributed by atoms with Gasteiger partial charge in [-0.05, 0) is 36.4 Å². The second-order valence-corrected chi connectivity index (χ2v) is 7.62. The lowest BCUT2D eigenvalue weighted by Crippen LogP contribution is -2.27. The molecule has 0 aliphatic rings. The van der Waals surface area contributed by atoms with Crippen molar-refractivity contribution >= 4 is 27.6 Å². The first-order valence-corrected chi connectivity index (χ1v) is 10.2. The molecule has 0 saturated carbocycles. The molecule has 0 fully saturated rings. The van der Waals surface area contributed by atoms with Gasteiger partial charge >= 0.3 is 5.97 Å². The molecule has 1 amide bonds. The van der Waals surface area contributed by atoms with Crippen LogP contribution in [0.3, 0.4) is 0 Å². The number of ether oxygens (including phenoxy) is 2. The fraction of sp³-hybridized carbons (Fsp3) is 0.263. The molecule has 2 aromatic rings. The number of hydrogen-bond donors (Lipinski definition) is 2. The Hall–Kier alpha value is -2.98. The van der Waals surface area contributed by atoms with E-state index in [1.165, 1.54) is 49.4 Å². The summed E-state index contributed by atoms with van der Waals surface area (Å²) in [5, 5.41) is 2.53. The molecule has 156 valence electrons. The third kappa shape index (κ3) is 7.51. The molecule has 8 nitrogen and oxygen atoms in total. The van der Waals surface area contributed by atoms with Crippen LogP contribution in [0.2, 0.25) is 0 Å². The first kappa shape index (κ1) is 22.3. The molecule has 0 heterocycles. The molecule has 29 heavy (non-hydrogen) atoms. The number of carbonyl (C=O) groups excluding carboxylic acids is 2. The highest BCUT2D eigenvalue weighted by atomic mass is 32.2. The standard InChI is InChI=1S/C19H21FN2O6S/c1-14(23)22-15-6-8-16(9-7-15)29(25,26)21-11-10-19(24)28-13-12-27-18-5-3-2-4-17(18)20/h2-9,21H,10-13H2,1H3,(H,22,23). The zero-order chi connectivity index (χ0) is 21.3. The molecule has 0 atom stereocenters. The number of halogens is 1. The van der Waals surface area contributed by atoms with Crippen molar-refractivity contribution in [3.05, 3.63) is 54.3 Å². The molecule has 0 bridgehead atoms. The Morgan fingerprint density at radius 3 is 2.38 bits per heavy atom. The number of nitrogens with one attached hydrogen (secondary N) is 2. The third-order valence-corrected chi connectivity index (χ3v) is 5.02. The number of esters is 1. The molecule has 10 heteroatoms. The van der Waals surface area contributed by atoms with Gasteiger partial charge in [-0.15, -0.1) is 0 Å². The summed E-state index contributed by atoms with van der Waals surface area (Å²) in [5.74, 6) is -1.35. The van der Waals surface area contributed by atoms with E-state index in [1.54, 1.807) is 6.07 Å². The molecule has 0 spiro atoms. The minimum atomic E-state index is -3.80. The van der Waals surface area contributed by atoms with Crippen LogP contribution in [0.15, 0.2) is 53.4 Å². The molecule has 0 aliphatic heterocycles. The largest absolute Gasteiger partial charge is 0.487 e. The average molecular weight is 424 g/mol. The minimum absolute atomic E-state index is 0.00161. The van der Waals surface area contributed by atoms with Crippen molar-refractivity contribution in [1.82, 2.24) is 4.72 Å². The van der Waals surface area contributed by atoms with E-state index < -0.39 is 21.8 Å². The summed E-state index contributed by atoms with van der Waals surface area (Å²) >= 11 is 0. The highest BCUT2D eigenvalue weighted by Crippen LogP contribution is 2.15. The van der Waals surface area contributed by atoms with Gasteiger partial charge in [0.1, 0.15) is 13.2 Å². The Balaban J connectivity index is 1.70. The smallest absolute Gasteiger partial charge is 0.307 e. The molecular formula is C19H21FN2O6S. The van der Waals surface area contributed by atoms with Crippen LogP contribution < -0.4 is 14.8 Å². The minimum Gasteiger partial charge on any atom is -0.487 e. The fourth-order valence-corrected chi connectivity index (χ4v) is 3.26. The molecule has 2 rings (SSSR count). The molecular weight excluding hydrogens is 403 g/mol. The van der Waals surface area contributed by atoms with Crippen molar-refractivity contribution in [2.24, 2.45) is 0 Å². The highest BCUT2D eigenvalue weighted by Gasteiger charge is 2.14. The van der Waals surface area contributed by atoms with Gasteiger partial charge < -0.3 is 14.8 Å². The number of benzene rings is 2.